The Morgan fingerprint density at radius 2 is 1.68 bits per heavy atom. The predicted molar refractivity (Wildman–Crippen MR) is 106 cm³/mol. The number of carbonyl (C=O) groups excluding carboxylic acids is 1. The fourth-order valence-corrected chi connectivity index (χ4v) is 2.92. The highest BCUT2D eigenvalue weighted by Gasteiger charge is 2.31. The summed E-state index contributed by atoms with van der Waals surface area (Å²) < 4.78 is 39.3. The lowest BCUT2D eigenvalue weighted by Crippen LogP contribution is -2.46. The second-order valence-corrected chi connectivity index (χ2v) is 6.86. The van der Waals surface area contributed by atoms with Gasteiger partial charge < -0.3 is 0 Å². The number of benzene rings is 2. The van der Waals surface area contributed by atoms with Gasteiger partial charge in [-0.1, -0.05) is 40.7 Å². The van der Waals surface area contributed by atoms with Gasteiger partial charge in [0.15, 0.2) is 0 Å². The summed E-state index contributed by atoms with van der Waals surface area (Å²) in [6.45, 7) is 3.85. The third-order valence-electron chi connectivity index (χ3n) is 4.08. The summed E-state index contributed by atoms with van der Waals surface area (Å²) in [5, 5.41) is 0.953. The molecule has 1 aliphatic heterocycles. The van der Waals surface area contributed by atoms with E-state index in [9.17, 15) is 18.0 Å². The molecule has 0 fully saturated rings. The number of hydrogen-bond donors (Lipinski definition) is 1. The van der Waals surface area contributed by atoms with Gasteiger partial charge in [0.1, 0.15) is 0 Å². The zero-order valence-electron chi connectivity index (χ0n) is 14.4. The van der Waals surface area contributed by atoms with E-state index in [4.69, 9.17) is 5.84 Å². The Labute approximate surface area is 168 Å². The monoisotopic (exact) mass is 449 g/mol. The molecule has 28 heavy (non-hydrogen) atoms. The van der Waals surface area contributed by atoms with Crippen molar-refractivity contribution in [3.05, 3.63) is 94.6 Å². The molecule has 0 saturated heterocycles. The van der Waals surface area contributed by atoms with E-state index in [-0.39, 0.29) is 0 Å². The normalized spacial score (nSPS) is 14.1. The van der Waals surface area contributed by atoms with Crippen LogP contribution in [0.25, 0.3) is 5.70 Å². The van der Waals surface area contributed by atoms with Gasteiger partial charge in [0.05, 0.1) is 16.9 Å². The fourth-order valence-electron chi connectivity index (χ4n) is 2.66. The zero-order valence-corrected chi connectivity index (χ0v) is 16.0. The number of urea groups is 1. The largest absolute Gasteiger partial charge is 0.416 e. The number of anilines is 1. The maximum Gasteiger partial charge on any atom is 0.416 e. The van der Waals surface area contributed by atoms with Crippen molar-refractivity contribution in [2.24, 2.45) is 5.84 Å². The number of hydrogen-bond acceptors (Lipinski definition) is 2. The van der Waals surface area contributed by atoms with Crippen molar-refractivity contribution in [1.82, 2.24) is 4.90 Å². The highest BCUT2D eigenvalue weighted by Crippen LogP contribution is 2.33. The lowest BCUT2D eigenvalue weighted by molar-refractivity contribution is -0.137. The minimum Gasteiger partial charge on any atom is -0.262 e. The molecule has 0 aromatic heterocycles. The molecule has 144 valence electrons. The summed E-state index contributed by atoms with van der Waals surface area (Å²) in [6.07, 6.45) is 0.458. The highest BCUT2D eigenvalue weighted by atomic mass is 79.9. The Morgan fingerprint density at radius 1 is 1.07 bits per heavy atom. The van der Waals surface area contributed by atoms with E-state index in [0.717, 1.165) is 21.6 Å². The lowest BCUT2D eigenvalue weighted by atomic mass is 10.0. The molecule has 0 bridgehead atoms. The van der Waals surface area contributed by atoms with E-state index in [1.54, 1.807) is 42.5 Å². The number of hydrazine groups is 1. The summed E-state index contributed by atoms with van der Waals surface area (Å²) in [5.41, 5.74) is 0.822. The average Bonchev–Trinajstić information content (AvgIpc) is 2.67. The minimum atomic E-state index is -4.44. The van der Waals surface area contributed by atoms with Crippen LogP contribution in [0.5, 0.6) is 0 Å². The topological polar surface area (TPSA) is 49.6 Å². The summed E-state index contributed by atoms with van der Waals surface area (Å²) >= 11 is 3.31. The van der Waals surface area contributed by atoms with Gasteiger partial charge in [-0.2, -0.15) is 13.2 Å². The van der Waals surface area contributed by atoms with E-state index >= 15 is 0 Å². The quantitative estimate of drug-likeness (QED) is 0.363. The van der Waals surface area contributed by atoms with Crippen LogP contribution in [0.4, 0.5) is 23.7 Å². The molecule has 0 unspecified atom stereocenters. The van der Waals surface area contributed by atoms with Gasteiger partial charge in [0, 0.05) is 10.2 Å². The molecule has 2 aromatic rings. The van der Waals surface area contributed by atoms with Crippen LogP contribution in [0.2, 0.25) is 0 Å². The first-order chi connectivity index (χ1) is 13.2. The second kappa shape index (κ2) is 7.65. The number of nitrogens with zero attached hydrogens (tertiary/aromatic N) is 2. The average molecular weight is 450 g/mol. The molecule has 3 rings (SSSR count). The number of amides is 2. The third kappa shape index (κ3) is 4.02. The summed E-state index contributed by atoms with van der Waals surface area (Å²) in [4.78, 5) is 14.3. The summed E-state index contributed by atoms with van der Waals surface area (Å²) in [7, 11) is 0. The minimum absolute atomic E-state index is 0.343. The Hall–Kier alpha value is -2.84. The van der Waals surface area contributed by atoms with Gasteiger partial charge >= 0.3 is 12.2 Å². The predicted octanol–water partition coefficient (Wildman–Crippen LogP) is 5.69. The molecular weight excluding hydrogens is 435 g/mol. The van der Waals surface area contributed by atoms with Crippen molar-refractivity contribution in [2.45, 2.75) is 6.18 Å². The molecular formula is C20H15BrF3N3O. The van der Waals surface area contributed by atoms with Crippen molar-refractivity contribution >= 4 is 33.3 Å². The first kappa shape index (κ1) is 19.9. The molecule has 0 atom stereocenters. The number of rotatable bonds is 2. The van der Waals surface area contributed by atoms with Gasteiger partial charge in [-0.15, -0.1) is 0 Å². The molecule has 8 heteroatoms. The molecule has 0 aliphatic carbocycles. The number of halogens is 4. The zero-order chi connectivity index (χ0) is 20.5. The van der Waals surface area contributed by atoms with Crippen molar-refractivity contribution < 1.29 is 18.0 Å². The maximum atomic E-state index is 13.0. The van der Waals surface area contributed by atoms with Gasteiger partial charge in [-0.3, -0.25) is 4.90 Å². The first-order valence-corrected chi connectivity index (χ1v) is 8.87. The van der Waals surface area contributed by atoms with E-state index in [2.05, 4.69) is 22.5 Å². The Balaban J connectivity index is 1.93. The highest BCUT2D eigenvalue weighted by molar-refractivity contribution is 9.10. The first-order valence-electron chi connectivity index (χ1n) is 8.08. The Kier molecular flexibility index (Phi) is 5.44. The van der Waals surface area contributed by atoms with Crippen LogP contribution in [0.1, 0.15) is 11.1 Å². The van der Waals surface area contributed by atoms with Gasteiger partial charge in [0.25, 0.3) is 0 Å². The molecule has 0 radical (unpaired) electrons. The van der Waals surface area contributed by atoms with Crippen molar-refractivity contribution in [2.75, 3.05) is 5.01 Å². The SMILES string of the molecule is C=C1C=CC=C(c2ccc(C(F)(F)F)cc2)N1C(=O)N(N)c1ccc(Br)cc1. The smallest absolute Gasteiger partial charge is 0.262 e. The second-order valence-electron chi connectivity index (χ2n) is 5.94. The number of allylic oxidation sites excluding steroid dienone is 3. The number of nitrogens with two attached hydrogens (primary N) is 1. The number of alkyl halides is 3. The van der Waals surface area contributed by atoms with E-state index in [1.165, 1.54) is 17.0 Å². The molecule has 0 saturated carbocycles. The summed E-state index contributed by atoms with van der Waals surface area (Å²) in [5.74, 6) is 5.99. The standard InChI is InChI=1S/C20H15BrF3N3O/c1-13-3-2-4-18(14-5-7-15(8-6-14)20(22,23)24)26(13)19(28)27(25)17-11-9-16(21)10-12-17/h2-12H,1,25H2. The molecule has 1 heterocycles. The molecule has 4 nitrogen and oxygen atoms in total. The van der Waals surface area contributed by atoms with Gasteiger partial charge in [-0.05, 0) is 54.1 Å². The van der Waals surface area contributed by atoms with Crippen molar-refractivity contribution in [1.29, 1.82) is 0 Å². The molecule has 1 aliphatic rings. The Bertz CT molecular complexity index is 964. The van der Waals surface area contributed by atoms with Gasteiger partial charge in [0.2, 0.25) is 0 Å². The van der Waals surface area contributed by atoms with Crippen LogP contribution in [0.15, 0.2) is 83.5 Å². The van der Waals surface area contributed by atoms with Crippen LogP contribution < -0.4 is 10.9 Å². The van der Waals surface area contributed by atoms with Gasteiger partial charge in [-0.25, -0.2) is 15.6 Å². The summed E-state index contributed by atoms with van der Waals surface area (Å²) in [6, 6.07) is 10.7. The fraction of sp³-hybridized carbons (Fsp3) is 0.0500. The van der Waals surface area contributed by atoms with E-state index in [0.29, 0.717) is 22.6 Å². The molecule has 2 N–H and O–H groups in total. The van der Waals surface area contributed by atoms with Crippen molar-refractivity contribution in [3.63, 3.8) is 0 Å². The molecule has 2 aromatic carbocycles. The van der Waals surface area contributed by atoms with Crippen LogP contribution in [-0.2, 0) is 6.18 Å². The van der Waals surface area contributed by atoms with Crippen molar-refractivity contribution in [3.8, 4) is 0 Å². The maximum absolute atomic E-state index is 13.0. The van der Waals surface area contributed by atoms with E-state index < -0.39 is 17.8 Å². The lowest BCUT2D eigenvalue weighted by Gasteiger charge is -2.31. The van der Waals surface area contributed by atoms with E-state index in [1.807, 2.05) is 0 Å². The van der Waals surface area contributed by atoms with Crippen LogP contribution in [-0.4, -0.2) is 10.9 Å². The van der Waals surface area contributed by atoms with Crippen LogP contribution in [0, 0.1) is 0 Å². The Morgan fingerprint density at radius 3 is 2.25 bits per heavy atom. The van der Waals surface area contributed by atoms with Crippen LogP contribution in [0.3, 0.4) is 0 Å². The molecule has 2 amide bonds. The number of carbonyl (C=O) groups is 1. The van der Waals surface area contributed by atoms with Crippen LogP contribution >= 0.6 is 15.9 Å². The molecule has 0 spiro atoms. The third-order valence-corrected chi connectivity index (χ3v) is 4.61.